The maximum atomic E-state index is 14.0. The van der Waals surface area contributed by atoms with Crippen LogP contribution in [0, 0.1) is 23.3 Å². The Labute approximate surface area is 135 Å². The number of hydrogen-bond acceptors (Lipinski definition) is 2. The lowest BCUT2D eigenvalue weighted by atomic mass is 10.0. The molecule has 1 heterocycles. The molecule has 1 fully saturated rings. The van der Waals surface area contributed by atoms with Crippen molar-refractivity contribution >= 4 is 5.91 Å². The molecule has 2 aromatic carbocycles. The van der Waals surface area contributed by atoms with Gasteiger partial charge in [0.05, 0.1) is 12.1 Å². The summed E-state index contributed by atoms with van der Waals surface area (Å²) in [6.07, 6.45) is -0.901. The molecule has 2 aromatic rings. The van der Waals surface area contributed by atoms with E-state index in [4.69, 9.17) is 0 Å². The van der Waals surface area contributed by atoms with Crippen molar-refractivity contribution in [3.05, 3.63) is 70.8 Å². The van der Waals surface area contributed by atoms with Crippen molar-refractivity contribution in [1.29, 1.82) is 0 Å². The van der Waals surface area contributed by atoms with Crippen LogP contribution in [0.15, 0.2) is 36.4 Å². The van der Waals surface area contributed by atoms with Crippen LogP contribution in [0.4, 0.5) is 17.6 Å². The van der Waals surface area contributed by atoms with E-state index >= 15 is 0 Å². The van der Waals surface area contributed by atoms with Gasteiger partial charge < -0.3 is 10.0 Å². The van der Waals surface area contributed by atoms with Crippen molar-refractivity contribution in [2.75, 3.05) is 6.54 Å². The summed E-state index contributed by atoms with van der Waals surface area (Å²) in [7, 11) is 0. The minimum Gasteiger partial charge on any atom is -0.391 e. The third-order valence-corrected chi connectivity index (χ3v) is 4.02. The highest BCUT2D eigenvalue weighted by Gasteiger charge is 2.37. The molecule has 3 rings (SSSR count). The van der Waals surface area contributed by atoms with Crippen LogP contribution in [0.1, 0.15) is 28.4 Å². The van der Waals surface area contributed by atoms with Gasteiger partial charge in [-0.1, -0.05) is 0 Å². The van der Waals surface area contributed by atoms with Crippen LogP contribution in [0.2, 0.25) is 0 Å². The van der Waals surface area contributed by atoms with E-state index < -0.39 is 41.3 Å². The molecule has 0 spiro atoms. The average Bonchev–Trinajstić information content (AvgIpc) is 2.93. The summed E-state index contributed by atoms with van der Waals surface area (Å²) in [6, 6.07) is 4.61. The molecular weight excluding hydrogens is 326 g/mol. The molecule has 0 radical (unpaired) electrons. The minimum absolute atomic E-state index is 0.0236. The molecule has 126 valence electrons. The van der Waals surface area contributed by atoms with Crippen LogP contribution < -0.4 is 0 Å². The summed E-state index contributed by atoms with van der Waals surface area (Å²) in [6.45, 7) is -0.113. The number of amides is 1. The van der Waals surface area contributed by atoms with Gasteiger partial charge in [0.1, 0.15) is 11.6 Å². The van der Waals surface area contributed by atoms with E-state index in [9.17, 15) is 27.5 Å². The predicted octanol–water partition coefficient (Wildman–Crippen LogP) is 3.19. The van der Waals surface area contributed by atoms with E-state index in [2.05, 4.69) is 0 Å². The number of rotatable bonds is 2. The lowest BCUT2D eigenvalue weighted by Crippen LogP contribution is -2.32. The number of aliphatic hydroxyl groups excluding tert-OH is 1. The summed E-state index contributed by atoms with van der Waals surface area (Å²) in [5.41, 5.74) is -0.202. The fourth-order valence-corrected chi connectivity index (χ4v) is 2.90. The van der Waals surface area contributed by atoms with Gasteiger partial charge in [-0.2, -0.15) is 0 Å². The molecule has 1 aliphatic heterocycles. The van der Waals surface area contributed by atoms with Gasteiger partial charge in [-0.3, -0.25) is 4.79 Å². The van der Waals surface area contributed by atoms with Crippen LogP contribution in [0.5, 0.6) is 0 Å². The average molecular weight is 339 g/mol. The molecule has 0 aromatic heterocycles. The molecular formula is C17H13F4NO2. The Hall–Kier alpha value is -2.41. The van der Waals surface area contributed by atoms with Gasteiger partial charge in [0.25, 0.3) is 5.91 Å². The highest BCUT2D eigenvalue weighted by Crippen LogP contribution is 2.35. The van der Waals surface area contributed by atoms with Gasteiger partial charge in [-0.25, -0.2) is 17.6 Å². The third-order valence-electron chi connectivity index (χ3n) is 4.02. The SMILES string of the molecule is O=C(c1ccc(F)c(F)c1)N1C[C@@H](O)C[C@@H]1c1cc(F)ccc1F. The summed E-state index contributed by atoms with van der Waals surface area (Å²) in [4.78, 5) is 13.7. The summed E-state index contributed by atoms with van der Waals surface area (Å²) >= 11 is 0. The first-order valence-corrected chi connectivity index (χ1v) is 7.26. The van der Waals surface area contributed by atoms with Crippen molar-refractivity contribution in [2.24, 2.45) is 0 Å². The normalized spacial score (nSPS) is 20.5. The number of halogens is 4. The Morgan fingerprint density at radius 3 is 2.42 bits per heavy atom. The highest BCUT2D eigenvalue weighted by atomic mass is 19.2. The highest BCUT2D eigenvalue weighted by molar-refractivity contribution is 5.94. The number of aliphatic hydroxyl groups is 1. The first-order chi connectivity index (χ1) is 11.4. The smallest absolute Gasteiger partial charge is 0.254 e. The molecule has 3 nitrogen and oxygen atoms in total. The molecule has 7 heteroatoms. The first-order valence-electron chi connectivity index (χ1n) is 7.26. The Bertz CT molecular complexity index is 796. The predicted molar refractivity (Wildman–Crippen MR) is 77.1 cm³/mol. The number of carbonyl (C=O) groups excluding carboxylic acids is 1. The van der Waals surface area contributed by atoms with E-state index in [1.165, 1.54) is 0 Å². The van der Waals surface area contributed by atoms with Crippen molar-refractivity contribution in [1.82, 2.24) is 4.90 Å². The third kappa shape index (κ3) is 2.99. The van der Waals surface area contributed by atoms with Crippen molar-refractivity contribution in [2.45, 2.75) is 18.6 Å². The van der Waals surface area contributed by atoms with Gasteiger partial charge in [-0.05, 0) is 42.8 Å². The van der Waals surface area contributed by atoms with Gasteiger partial charge in [0.2, 0.25) is 0 Å². The van der Waals surface area contributed by atoms with Gasteiger partial charge in [-0.15, -0.1) is 0 Å². The zero-order chi connectivity index (χ0) is 17.4. The van der Waals surface area contributed by atoms with E-state index in [0.717, 1.165) is 41.3 Å². The van der Waals surface area contributed by atoms with Gasteiger partial charge in [0, 0.05) is 17.7 Å². The number of likely N-dealkylation sites (tertiary alicyclic amines) is 1. The van der Waals surface area contributed by atoms with E-state index in [1.807, 2.05) is 0 Å². The second kappa shape index (κ2) is 6.24. The Balaban J connectivity index is 1.97. The first kappa shape index (κ1) is 16.4. The second-order valence-corrected chi connectivity index (χ2v) is 5.66. The fourth-order valence-electron chi connectivity index (χ4n) is 2.90. The van der Waals surface area contributed by atoms with E-state index in [-0.39, 0.29) is 24.1 Å². The lowest BCUT2D eigenvalue weighted by Gasteiger charge is -2.25. The zero-order valence-electron chi connectivity index (χ0n) is 12.3. The fraction of sp³-hybridized carbons (Fsp3) is 0.235. The molecule has 1 amide bonds. The van der Waals surface area contributed by atoms with Gasteiger partial charge in [0.15, 0.2) is 11.6 Å². The monoisotopic (exact) mass is 339 g/mol. The molecule has 1 aliphatic rings. The van der Waals surface area contributed by atoms with Crippen molar-refractivity contribution < 1.29 is 27.5 Å². The molecule has 2 atom stereocenters. The van der Waals surface area contributed by atoms with E-state index in [0.29, 0.717) is 0 Å². The minimum atomic E-state index is -1.19. The Morgan fingerprint density at radius 1 is 1.00 bits per heavy atom. The molecule has 1 saturated heterocycles. The number of hydrogen-bond donors (Lipinski definition) is 1. The quantitative estimate of drug-likeness (QED) is 0.854. The molecule has 24 heavy (non-hydrogen) atoms. The molecule has 0 aliphatic carbocycles. The molecule has 1 N–H and O–H groups in total. The second-order valence-electron chi connectivity index (χ2n) is 5.66. The topological polar surface area (TPSA) is 40.5 Å². The van der Waals surface area contributed by atoms with Crippen molar-refractivity contribution in [3.8, 4) is 0 Å². The maximum Gasteiger partial charge on any atom is 0.254 e. The number of carbonyl (C=O) groups is 1. The lowest BCUT2D eigenvalue weighted by molar-refractivity contribution is 0.0713. The molecule has 0 unspecified atom stereocenters. The summed E-state index contributed by atoms with van der Waals surface area (Å²) in [5, 5.41) is 9.84. The summed E-state index contributed by atoms with van der Waals surface area (Å²) < 4.78 is 53.8. The van der Waals surface area contributed by atoms with Crippen LogP contribution in [0.25, 0.3) is 0 Å². The largest absolute Gasteiger partial charge is 0.391 e. The maximum absolute atomic E-state index is 14.0. The van der Waals surface area contributed by atoms with Crippen LogP contribution >= 0.6 is 0 Å². The van der Waals surface area contributed by atoms with Gasteiger partial charge >= 0.3 is 0 Å². The summed E-state index contributed by atoms with van der Waals surface area (Å²) in [5.74, 6) is -4.36. The van der Waals surface area contributed by atoms with Crippen LogP contribution in [0.3, 0.4) is 0 Å². The Morgan fingerprint density at radius 2 is 1.71 bits per heavy atom. The van der Waals surface area contributed by atoms with Crippen molar-refractivity contribution in [3.63, 3.8) is 0 Å². The number of β-amino-alcohol motifs (C(OH)–C–C–N with tert-alkyl or cyclic N) is 1. The zero-order valence-corrected chi connectivity index (χ0v) is 12.3. The van der Waals surface area contributed by atoms with Crippen LogP contribution in [-0.4, -0.2) is 28.6 Å². The standard InChI is InChI=1S/C17H13F4NO2/c18-10-2-4-13(19)12(6-10)16-7-11(23)8-22(16)17(24)9-1-3-14(20)15(21)5-9/h1-6,11,16,23H,7-8H2/t11-,16+/m0/s1. The van der Waals surface area contributed by atoms with Crippen LogP contribution in [-0.2, 0) is 0 Å². The molecule has 0 saturated carbocycles. The Kier molecular flexibility index (Phi) is 4.28. The number of nitrogens with zero attached hydrogens (tertiary/aromatic N) is 1. The van der Waals surface area contributed by atoms with E-state index in [1.54, 1.807) is 0 Å². The number of benzene rings is 2. The molecule has 0 bridgehead atoms.